The van der Waals surface area contributed by atoms with Crippen LogP contribution in [0.5, 0.6) is 5.88 Å². The first-order chi connectivity index (χ1) is 15.8. The number of ether oxygens (including phenoxy) is 1. The van der Waals surface area contributed by atoms with Gasteiger partial charge in [-0.25, -0.2) is 14.6 Å². The lowest BCUT2D eigenvalue weighted by Gasteiger charge is -2.17. The van der Waals surface area contributed by atoms with Gasteiger partial charge < -0.3 is 25.9 Å². The van der Waals surface area contributed by atoms with Crippen LogP contribution in [0.2, 0.25) is 0 Å². The Balaban J connectivity index is 1.73. The van der Waals surface area contributed by atoms with Gasteiger partial charge in [-0.15, -0.1) is 0 Å². The Bertz CT molecular complexity index is 1230. The van der Waals surface area contributed by atoms with Gasteiger partial charge in [0.25, 0.3) is 0 Å². The van der Waals surface area contributed by atoms with E-state index in [1.165, 1.54) is 0 Å². The van der Waals surface area contributed by atoms with Crippen molar-refractivity contribution in [3.63, 3.8) is 0 Å². The molecule has 4 aromatic rings. The number of hydrogen-bond acceptors (Lipinski definition) is 9. The molecule has 0 bridgehead atoms. The minimum Gasteiger partial charge on any atom is -0.476 e. The SMILES string of the molecule is CCn1c(-c2nonc2N)nc2c(CCC(C)(C)O)nc(OC[C@H](N)c3ccccc3)cc21. The fourth-order valence-electron chi connectivity index (χ4n) is 3.65. The van der Waals surface area contributed by atoms with Crippen molar-refractivity contribution < 1.29 is 14.5 Å². The molecule has 10 heteroatoms. The predicted molar refractivity (Wildman–Crippen MR) is 124 cm³/mol. The van der Waals surface area contributed by atoms with Gasteiger partial charge in [-0.1, -0.05) is 30.3 Å². The van der Waals surface area contributed by atoms with Crippen molar-refractivity contribution in [1.82, 2.24) is 24.8 Å². The second-order valence-electron chi connectivity index (χ2n) is 8.59. The first-order valence-electron chi connectivity index (χ1n) is 10.9. The van der Waals surface area contributed by atoms with Gasteiger partial charge in [0.2, 0.25) is 5.88 Å². The van der Waals surface area contributed by atoms with Crippen LogP contribution in [0, 0.1) is 0 Å². The van der Waals surface area contributed by atoms with E-state index in [1.54, 1.807) is 13.8 Å². The number of pyridine rings is 1. The molecule has 33 heavy (non-hydrogen) atoms. The fourth-order valence-corrected chi connectivity index (χ4v) is 3.65. The largest absolute Gasteiger partial charge is 0.476 e. The monoisotopic (exact) mass is 451 g/mol. The number of aliphatic hydroxyl groups is 1. The Hall–Kier alpha value is -3.50. The maximum Gasteiger partial charge on any atom is 0.215 e. The van der Waals surface area contributed by atoms with Gasteiger partial charge in [0.1, 0.15) is 12.1 Å². The van der Waals surface area contributed by atoms with E-state index >= 15 is 0 Å². The first-order valence-corrected chi connectivity index (χ1v) is 10.9. The summed E-state index contributed by atoms with van der Waals surface area (Å²) in [4.78, 5) is 9.47. The summed E-state index contributed by atoms with van der Waals surface area (Å²) in [5.74, 6) is 1.14. The molecule has 0 aliphatic rings. The van der Waals surface area contributed by atoms with E-state index in [2.05, 4.69) is 10.3 Å². The highest BCUT2D eigenvalue weighted by molar-refractivity contribution is 5.84. The van der Waals surface area contributed by atoms with Crippen LogP contribution in [0.15, 0.2) is 41.0 Å². The summed E-state index contributed by atoms with van der Waals surface area (Å²) in [6.45, 7) is 6.40. The Morgan fingerprint density at radius 1 is 1.18 bits per heavy atom. The lowest BCUT2D eigenvalue weighted by molar-refractivity contribution is 0.0711. The van der Waals surface area contributed by atoms with Crippen LogP contribution in [-0.4, -0.2) is 42.2 Å². The molecule has 1 atom stereocenters. The molecule has 1 aromatic carbocycles. The van der Waals surface area contributed by atoms with E-state index in [0.29, 0.717) is 48.0 Å². The van der Waals surface area contributed by atoms with Gasteiger partial charge in [-0.05, 0) is 49.5 Å². The number of nitrogens with zero attached hydrogens (tertiary/aromatic N) is 5. The Morgan fingerprint density at radius 2 is 1.94 bits per heavy atom. The summed E-state index contributed by atoms with van der Waals surface area (Å²) in [6, 6.07) is 11.3. The van der Waals surface area contributed by atoms with Crippen LogP contribution in [0.25, 0.3) is 22.6 Å². The lowest BCUT2D eigenvalue weighted by Crippen LogP contribution is -2.20. The summed E-state index contributed by atoms with van der Waals surface area (Å²) >= 11 is 0. The molecule has 174 valence electrons. The molecule has 0 saturated carbocycles. The number of hydrogen-bond donors (Lipinski definition) is 3. The summed E-state index contributed by atoms with van der Waals surface area (Å²) in [7, 11) is 0. The maximum atomic E-state index is 10.3. The molecular weight excluding hydrogens is 422 g/mol. The standard InChI is InChI=1S/C23H29N7O3/c1-4-30-17-12-18(32-13-15(24)14-8-6-5-7-9-14)26-16(10-11-23(2,3)31)19(17)27-22(30)20-21(25)29-33-28-20/h5-9,12,15,31H,4,10-11,13,24H2,1-3H3,(H2,25,29)/t15-/m0/s1. The van der Waals surface area contributed by atoms with E-state index in [0.717, 1.165) is 11.1 Å². The number of nitrogen functional groups attached to an aromatic ring is 1. The first kappa shape index (κ1) is 22.7. The minimum atomic E-state index is -0.850. The predicted octanol–water partition coefficient (Wildman–Crippen LogP) is 2.87. The number of rotatable bonds is 9. The molecular formula is C23H29N7O3. The average Bonchev–Trinajstić information content (AvgIpc) is 3.38. The Labute approximate surface area is 191 Å². The second kappa shape index (κ2) is 9.16. The maximum absolute atomic E-state index is 10.3. The van der Waals surface area contributed by atoms with Crippen molar-refractivity contribution in [2.45, 2.75) is 51.8 Å². The topological polar surface area (TPSA) is 151 Å². The minimum absolute atomic E-state index is 0.163. The van der Waals surface area contributed by atoms with Gasteiger partial charge in [-0.2, -0.15) is 0 Å². The molecule has 0 amide bonds. The summed E-state index contributed by atoms with van der Waals surface area (Å²) in [5, 5.41) is 17.9. The van der Waals surface area contributed by atoms with Gasteiger partial charge in [0.15, 0.2) is 17.3 Å². The van der Waals surface area contributed by atoms with Gasteiger partial charge >= 0.3 is 0 Å². The molecule has 4 rings (SSSR count). The number of nitrogens with two attached hydrogens (primary N) is 2. The van der Waals surface area contributed by atoms with Crippen molar-refractivity contribution in [3.8, 4) is 17.4 Å². The van der Waals surface area contributed by atoms with Gasteiger partial charge in [-0.3, -0.25) is 0 Å². The number of aryl methyl sites for hydroxylation is 2. The number of anilines is 1. The molecule has 3 aromatic heterocycles. The normalized spacial score (nSPS) is 12.9. The van der Waals surface area contributed by atoms with E-state index < -0.39 is 5.60 Å². The number of fused-ring (bicyclic) bond motifs is 1. The van der Waals surface area contributed by atoms with E-state index in [9.17, 15) is 5.11 Å². The molecule has 3 heterocycles. The molecule has 0 saturated heterocycles. The molecule has 10 nitrogen and oxygen atoms in total. The highest BCUT2D eigenvalue weighted by Crippen LogP contribution is 2.31. The van der Waals surface area contributed by atoms with E-state index in [1.807, 2.05) is 47.9 Å². The Kier molecular flexibility index (Phi) is 6.30. The van der Waals surface area contributed by atoms with Crippen molar-refractivity contribution in [2.75, 3.05) is 12.3 Å². The smallest absolute Gasteiger partial charge is 0.215 e. The summed E-state index contributed by atoms with van der Waals surface area (Å²) in [6.07, 6.45) is 1.01. The van der Waals surface area contributed by atoms with Crippen LogP contribution in [0.3, 0.4) is 0 Å². The van der Waals surface area contributed by atoms with Crippen molar-refractivity contribution in [3.05, 3.63) is 47.7 Å². The quantitative estimate of drug-likeness (QED) is 0.349. The van der Waals surface area contributed by atoms with Gasteiger partial charge in [0.05, 0.1) is 22.9 Å². The highest BCUT2D eigenvalue weighted by Gasteiger charge is 2.23. The zero-order valence-electron chi connectivity index (χ0n) is 19.0. The second-order valence-corrected chi connectivity index (χ2v) is 8.59. The van der Waals surface area contributed by atoms with Crippen LogP contribution >= 0.6 is 0 Å². The van der Waals surface area contributed by atoms with Crippen molar-refractivity contribution in [2.24, 2.45) is 5.73 Å². The number of imidazole rings is 1. The van der Waals surface area contributed by atoms with Crippen LogP contribution < -0.4 is 16.2 Å². The van der Waals surface area contributed by atoms with E-state index in [-0.39, 0.29) is 18.5 Å². The molecule has 0 radical (unpaired) electrons. The summed E-state index contributed by atoms with van der Waals surface area (Å²) in [5.41, 5.74) is 15.0. The third-order valence-corrected chi connectivity index (χ3v) is 5.44. The van der Waals surface area contributed by atoms with Crippen LogP contribution in [0.4, 0.5) is 5.82 Å². The Morgan fingerprint density at radius 3 is 2.58 bits per heavy atom. The summed E-state index contributed by atoms with van der Waals surface area (Å²) < 4.78 is 12.8. The molecule has 0 aliphatic heterocycles. The third kappa shape index (κ3) is 4.96. The number of aromatic nitrogens is 5. The van der Waals surface area contributed by atoms with Crippen LogP contribution in [-0.2, 0) is 13.0 Å². The highest BCUT2D eigenvalue weighted by atomic mass is 16.6. The number of benzene rings is 1. The zero-order chi connectivity index (χ0) is 23.6. The van der Waals surface area contributed by atoms with Gasteiger partial charge in [0, 0.05) is 12.6 Å². The molecule has 0 unspecified atom stereocenters. The molecule has 0 fully saturated rings. The van der Waals surface area contributed by atoms with E-state index in [4.69, 9.17) is 30.8 Å². The fraction of sp³-hybridized carbons (Fsp3) is 0.391. The zero-order valence-corrected chi connectivity index (χ0v) is 19.0. The molecule has 0 spiro atoms. The van der Waals surface area contributed by atoms with Crippen molar-refractivity contribution >= 4 is 16.9 Å². The third-order valence-electron chi connectivity index (χ3n) is 5.44. The lowest BCUT2D eigenvalue weighted by atomic mass is 10.0. The van der Waals surface area contributed by atoms with Crippen LogP contribution in [0.1, 0.15) is 44.5 Å². The average molecular weight is 452 g/mol. The molecule has 5 N–H and O–H groups in total. The molecule has 0 aliphatic carbocycles. The van der Waals surface area contributed by atoms with Crippen molar-refractivity contribution in [1.29, 1.82) is 0 Å².